The van der Waals surface area contributed by atoms with E-state index in [2.05, 4.69) is 31.9 Å². The summed E-state index contributed by atoms with van der Waals surface area (Å²) in [5.74, 6) is -1.29. The lowest BCUT2D eigenvalue weighted by Crippen LogP contribution is -2.41. The maximum atomic E-state index is 12.4. The first-order valence-corrected chi connectivity index (χ1v) is 7.42. The third kappa shape index (κ3) is 4.62. The smallest absolute Gasteiger partial charge is 0.323 e. The number of rotatable bonds is 5. The van der Waals surface area contributed by atoms with Crippen molar-refractivity contribution in [2.24, 2.45) is 0 Å². The van der Waals surface area contributed by atoms with Crippen molar-refractivity contribution in [2.75, 3.05) is 6.54 Å². The third-order valence-corrected chi connectivity index (χ3v) is 3.71. The minimum atomic E-state index is -1.01. The first-order chi connectivity index (χ1) is 8.85. The molecule has 1 amide bonds. The van der Waals surface area contributed by atoms with Gasteiger partial charge in [-0.25, -0.2) is 0 Å². The number of hydrogen-bond donors (Lipinski definition) is 1. The minimum Gasteiger partial charge on any atom is -0.480 e. The first kappa shape index (κ1) is 16.2. The van der Waals surface area contributed by atoms with E-state index >= 15 is 0 Å². The van der Waals surface area contributed by atoms with Gasteiger partial charge in [0.1, 0.15) is 6.54 Å². The summed E-state index contributed by atoms with van der Waals surface area (Å²) in [6, 6.07) is 5.07. The van der Waals surface area contributed by atoms with Gasteiger partial charge in [-0.2, -0.15) is 0 Å². The average Bonchev–Trinajstić information content (AvgIpc) is 2.32. The highest BCUT2D eigenvalue weighted by molar-refractivity contribution is 9.11. The van der Waals surface area contributed by atoms with Crippen LogP contribution in [0.2, 0.25) is 0 Å². The van der Waals surface area contributed by atoms with Crippen LogP contribution < -0.4 is 0 Å². The van der Waals surface area contributed by atoms with Crippen LogP contribution in [0.3, 0.4) is 0 Å². The molecule has 0 aliphatic rings. The summed E-state index contributed by atoms with van der Waals surface area (Å²) in [7, 11) is 0. The molecule has 0 aliphatic heterocycles. The van der Waals surface area contributed by atoms with Crippen LogP contribution in [0.4, 0.5) is 0 Å². The normalized spacial score (nSPS) is 12.0. The lowest BCUT2D eigenvalue weighted by atomic mass is 10.1. The largest absolute Gasteiger partial charge is 0.480 e. The van der Waals surface area contributed by atoms with E-state index in [0.29, 0.717) is 12.0 Å². The number of benzene rings is 1. The highest BCUT2D eigenvalue weighted by Gasteiger charge is 2.23. The number of aliphatic carboxylic acids is 1. The summed E-state index contributed by atoms with van der Waals surface area (Å²) in [5.41, 5.74) is 0.461. The van der Waals surface area contributed by atoms with Crippen molar-refractivity contribution in [1.29, 1.82) is 0 Å². The Morgan fingerprint density at radius 1 is 1.26 bits per heavy atom. The van der Waals surface area contributed by atoms with Crippen LogP contribution in [0.25, 0.3) is 0 Å². The monoisotopic (exact) mass is 391 g/mol. The number of halogens is 2. The number of amides is 1. The van der Waals surface area contributed by atoms with E-state index in [1.54, 1.807) is 12.1 Å². The molecule has 0 aliphatic carbocycles. The summed E-state index contributed by atoms with van der Waals surface area (Å²) in [6.45, 7) is 3.47. The predicted octanol–water partition coefficient (Wildman–Crippen LogP) is 3.54. The Bertz CT molecular complexity index is 471. The number of carboxylic acids is 1. The Kier molecular flexibility index (Phi) is 6.00. The fourth-order valence-corrected chi connectivity index (χ4v) is 2.93. The Labute approximate surface area is 129 Å². The molecule has 4 nitrogen and oxygen atoms in total. The van der Waals surface area contributed by atoms with Crippen molar-refractivity contribution < 1.29 is 14.7 Å². The quantitative estimate of drug-likeness (QED) is 0.833. The number of carboxylic acid groups (broad SMARTS) is 1. The molecule has 1 N–H and O–H groups in total. The predicted molar refractivity (Wildman–Crippen MR) is 80.3 cm³/mol. The molecule has 0 spiro atoms. The summed E-state index contributed by atoms with van der Waals surface area (Å²) in [6.07, 6.45) is 0.703. The molecule has 19 heavy (non-hydrogen) atoms. The zero-order valence-electron chi connectivity index (χ0n) is 10.7. The molecule has 0 heterocycles. The number of hydrogen-bond acceptors (Lipinski definition) is 2. The number of carbonyl (C=O) groups is 2. The van der Waals surface area contributed by atoms with Crippen LogP contribution >= 0.6 is 31.9 Å². The topological polar surface area (TPSA) is 57.6 Å². The van der Waals surface area contributed by atoms with E-state index in [9.17, 15) is 9.59 Å². The van der Waals surface area contributed by atoms with Gasteiger partial charge in [0.25, 0.3) is 5.91 Å². The van der Waals surface area contributed by atoms with Crippen LogP contribution in [0.1, 0.15) is 30.6 Å². The maximum Gasteiger partial charge on any atom is 0.323 e. The van der Waals surface area contributed by atoms with E-state index < -0.39 is 5.97 Å². The molecule has 0 saturated heterocycles. The zero-order valence-corrected chi connectivity index (χ0v) is 13.9. The molecule has 0 fully saturated rings. The van der Waals surface area contributed by atoms with Gasteiger partial charge in [-0.3, -0.25) is 9.59 Å². The van der Waals surface area contributed by atoms with Gasteiger partial charge in [0.05, 0.1) is 0 Å². The van der Waals surface area contributed by atoms with Gasteiger partial charge in [0.15, 0.2) is 0 Å². The van der Waals surface area contributed by atoms with E-state index in [4.69, 9.17) is 5.11 Å². The first-order valence-electron chi connectivity index (χ1n) is 5.84. The van der Waals surface area contributed by atoms with Gasteiger partial charge in [-0.05, 0) is 31.5 Å². The number of carbonyl (C=O) groups excluding carboxylic acids is 1. The van der Waals surface area contributed by atoms with E-state index in [0.717, 1.165) is 8.95 Å². The molecule has 0 saturated carbocycles. The van der Waals surface area contributed by atoms with Crippen molar-refractivity contribution in [3.63, 3.8) is 0 Å². The third-order valence-electron chi connectivity index (χ3n) is 2.80. The zero-order chi connectivity index (χ0) is 14.6. The number of nitrogens with zero attached hydrogens (tertiary/aromatic N) is 1. The molecule has 0 bridgehead atoms. The van der Waals surface area contributed by atoms with Gasteiger partial charge < -0.3 is 10.0 Å². The maximum absolute atomic E-state index is 12.4. The lowest BCUT2D eigenvalue weighted by Gasteiger charge is -2.27. The summed E-state index contributed by atoms with van der Waals surface area (Å²) in [5, 5.41) is 8.92. The van der Waals surface area contributed by atoms with Crippen molar-refractivity contribution in [3.05, 3.63) is 32.7 Å². The second-order valence-electron chi connectivity index (χ2n) is 4.24. The molecule has 6 heteroatoms. The van der Waals surface area contributed by atoms with E-state index in [-0.39, 0.29) is 18.5 Å². The van der Waals surface area contributed by atoms with Crippen LogP contribution in [0.5, 0.6) is 0 Å². The molecule has 1 atom stereocenters. The standard InChI is InChI=1S/C13H15Br2NO3/c1-3-8(2)16(7-12(17)18)13(19)9-4-10(14)6-11(15)5-9/h4-6,8H,3,7H2,1-2H3,(H,17,18). The minimum absolute atomic E-state index is 0.124. The molecule has 1 aromatic carbocycles. The molecule has 0 aromatic heterocycles. The van der Waals surface area contributed by atoms with Crippen LogP contribution in [-0.2, 0) is 4.79 Å². The van der Waals surface area contributed by atoms with Crippen LogP contribution in [0, 0.1) is 0 Å². The second-order valence-corrected chi connectivity index (χ2v) is 6.07. The SMILES string of the molecule is CCC(C)N(CC(=O)O)C(=O)c1cc(Br)cc(Br)c1. The van der Waals surface area contributed by atoms with Crippen molar-refractivity contribution >= 4 is 43.7 Å². The summed E-state index contributed by atoms with van der Waals surface area (Å²) in [4.78, 5) is 24.7. The Balaban J connectivity index is 3.07. The van der Waals surface area contributed by atoms with Crippen LogP contribution in [-0.4, -0.2) is 34.5 Å². The lowest BCUT2D eigenvalue weighted by molar-refractivity contribution is -0.138. The Morgan fingerprint density at radius 3 is 2.21 bits per heavy atom. The van der Waals surface area contributed by atoms with Crippen LogP contribution in [0.15, 0.2) is 27.1 Å². The van der Waals surface area contributed by atoms with Crippen molar-refractivity contribution in [2.45, 2.75) is 26.3 Å². The molecule has 0 radical (unpaired) electrons. The molecular weight excluding hydrogens is 378 g/mol. The van der Waals surface area contributed by atoms with Gasteiger partial charge >= 0.3 is 5.97 Å². The summed E-state index contributed by atoms with van der Waals surface area (Å²) < 4.78 is 1.54. The Hall–Kier alpha value is -0.880. The molecule has 1 unspecified atom stereocenters. The fraction of sp³-hybridized carbons (Fsp3) is 0.385. The average molecular weight is 393 g/mol. The summed E-state index contributed by atoms with van der Waals surface area (Å²) >= 11 is 6.64. The molecule has 1 aromatic rings. The fourth-order valence-electron chi connectivity index (χ4n) is 1.64. The highest BCUT2D eigenvalue weighted by atomic mass is 79.9. The Morgan fingerprint density at radius 2 is 1.79 bits per heavy atom. The molecular formula is C13H15Br2NO3. The van der Waals surface area contributed by atoms with Crippen molar-refractivity contribution in [3.8, 4) is 0 Å². The molecule has 1 rings (SSSR count). The second kappa shape index (κ2) is 7.05. The van der Waals surface area contributed by atoms with Crippen molar-refractivity contribution in [1.82, 2.24) is 4.90 Å². The molecule has 104 valence electrons. The van der Waals surface area contributed by atoms with E-state index in [1.165, 1.54) is 4.90 Å². The van der Waals surface area contributed by atoms with Gasteiger partial charge in [-0.1, -0.05) is 38.8 Å². The van der Waals surface area contributed by atoms with Gasteiger partial charge in [0, 0.05) is 20.6 Å². The van der Waals surface area contributed by atoms with Gasteiger partial charge in [-0.15, -0.1) is 0 Å². The van der Waals surface area contributed by atoms with E-state index in [1.807, 2.05) is 19.9 Å². The highest BCUT2D eigenvalue weighted by Crippen LogP contribution is 2.22. The van der Waals surface area contributed by atoms with Gasteiger partial charge in [0.2, 0.25) is 0 Å².